The first-order valence-electron chi connectivity index (χ1n) is 6.04. The van der Waals surface area contributed by atoms with Crippen LogP contribution in [0.25, 0.3) is 0 Å². The van der Waals surface area contributed by atoms with Gasteiger partial charge in [-0.3, -0.25) is 0 Å². The quantitative estimate of drug-likeness (QED) is 0.793. The van der Waals surface area contributed by atoms with Gasteiger partial charge in [-0.15, -0.1) is 0 Å². The monoisotopic (exact) mass is 203 g/mol. The molecule has 1 aromatic rings. The largest absolute Gasteiger partial charge is 0.314 e. The number of rotatable bonds is 4. The summed E-state index contributed by atoms with van der Waals surface area (Å²) < 4.78 is 0. The van der Waals surface area contributed by atoms with Crippen molar-refractivity contribution in [3.05, 3.63) is 34.9 Å². The zero-order chi connectivity index (χ0) is 10.7. The van der Waals surface area contributed by atoms with Crippen LogP contribution in [0.2, 0.25) is 0 Å². The first-order chi connectivity index (χ1) is 7.24. The maximum atomic E-state index is 3.61. The van der Waals surface area contributed by atoms with Crippen molar-refractivity contribution in [1.29, 1.82) is 0 Å². The number of hydrogen-bond donors (Lipinski definition) is 1. The highest BCUT2D eigenvalue weighted by atomic mass is 14.9. The lowest BCUT2D eigenvalue weighted by Crippen LogP contribution is -2.36. The second-order valence-electron chi connectivity index (χ2n) is 4.83. The van der Waals surface area contributed by atoms with E-state index in [0.717, 1.165) is 12.6 Å². The van der Waals surface area contributed by atoms with Gasteiger partial charge in [-0.2, -0.15) is 0 Å². The molecule has 0 aliphatic heterocycles. The van der Waals surface area contributed by atoms with Gasteiger partial charge in [0, 0.05) is 6.04 Å². The average molecular weight is 203 g/mol. The molecular formula is C14H21N. The Morgan fingerprint density at radius 2 is 1.80 bits per heavy atom. The molecule has 0 spiro atoms. The van der Waals surface area contributed by atoms with E-state index in [1.807, 2.05) is 0 Å². The van der Waals surface area contributed by atoms with Gasteiger partial charge in [0.1, 0.15) is 0 Å². The standard InChI is InChI=1S/C14H21N/c1-11-8-12(2)10-13(9-11)6-7-15-14-4-3-5-14/h8-10,14-15H,3-7H2,1-2H3. The Bertz CT molecular complexity index is 306. The van der Waals surface area contributed by atoms with Crippen LogP contribution in [0.4, 0.5) is 0 Å². The molecule has 2 rings (SSSR count). The van der Waals surface area contributed by atoms with Crippen molar-refractivity contribution in [1.82, 2.24) is 5.32 Å². The molecule has 1 N–H and O–H groups in total. The third-order valence-electron chi connectivity index (χ3n) is 3.23. The number of aryl methyl sites for hydroxylation is 2. The van der Waals surface area contributed by atoms with Gasteiger partial charge in [-0.1, -0.05) is 35.7 Å². The Balaban J connectivity index is 1.81. The lowest BCUT2D eigenvalue weighted by Gasteiger charge is -2.26. The van der Waals surface area contributed by atoms with Gasteiger partial charge in [-0.05, 0) is 45.2 Å². The van der Waals surface area contributed by atoms with Gasteiger partial charge in [-0.25, -0.2) is 0 Å². The summed E-state index contributed by atoms with van der Waals surface area (Å²) in [5.41, 5.74) is 4.24. The Morgan fingerprint density at radius 3 is 2.33 bits per heavy atom. The molecule has 1 saturated carbocycles. The highest BCUT2D eigenvalue weighted by Gasteiger charge is 2.15. The third-order valence-corrected chi connectivity index (χ3v) is 3.23. The van der Waals surface area contributed by atoms with E-state index in [2.05, 4.69) is 37.4 Å². The Morgan fingerprint density at radius 1 is 1.13 bits per heavy atom. The normalized spacial score (nSPS) is 16.4. The number of benzene rings is 1. The van der Waals surface area contributed by atoms with Crippen LogP contribution in [0.15, 0.2) is 18.2 Å². The second kappa shape index (κ2) is 4.80. The highest BCUT2D eigenvalue weighted by Crippen LogP contribution is 2.18. The van der Waals surface area contributed by atoms with Crippen molar-refractivity contribution in [2.75, 3.05) is 6.54 Å². The molecule has 0 amide bonds. The predicted molar refractivity (Wildman–Crippen MR) is 65.3 cm³/mol. The van der Waals surface area contributed by atoms with Crippen LogP contribution in [0.1, 0.15) is 36.0 Å². The summed E-state index contributed by atoms with van der Waals surface area (Å²) in [4.78, 5) is 0. The number of nitrogens with one attached hydrogen (secondary N) is 1. The maximum absolute atomic E-state index is 3.61. The van der Waals surface area contributed by atoms with E-state index in [0.29, 0.717) is 0 Å². The zero-order valence-corrected chi connectivity index (χ0v) is 9.84. The summed E-state index contributed by atoms with van der Waals surface area (Å²) in [6.07, 6.45) is 5.35. The SMILES string of the molecule is Cc1cc(C)cc(CCNC2CCC2)c1. The molecule has 15 heavy (non-hydrogen) atoms. The lowest BCUT2D eigenvalue weighted by molar-refractivity contribution is 0.342. The van der Waals surface area contributed by atoms with E-state index in [9.17, 15) is 0 Å². The molecule has 1 aliphatic carbocycles. The molecule has 0 heterocycles. The first-order valence-corrected chi connectivity index (χ1v) is 6.04. The fourth-order valence-electron chi connectivity index (χ4n) is 2.25. The van der Waals surface area contributed by atoms with E-state index in [1.54, 1.807) is 0 Å². The minimum absolute atomic E-state index is 0.816. The highest BCUT2D eigenvalue weighted by molar-refractivity contribution is 5.28. The lowest BCUT2D eigenvalue weighted by atomic mass is 9.93. The van der Waals surface area contributed by atoms with Crippen LogP contribution in [-0.2, 0) is 6.42 Å². The predicted octanol–water partition coefficient (Wildman–Crippen LogP) is 2.99. The van der Waals surface area contributed by atoms with Crippen LogP contribution in [-0.4, -0.2) is 12.6 Å². The van der Waals surface area contributed by atoms with Gasteiger partial charge in [0.15, 0.2) is 0 Å². The second-order valence-corrected chi connectivity index (χ2v) is 4.83. The summed E-state index contributed by atoms with van der Waals surface area (Å²) in [5, 5.41) is 3.61. The molecule has 1 aliphatic rings. The van der Waals surface area contributed by atoms with Gasteiger partial charge in [0.05, 0.1) is 0 Å². The van der Waals surface area contributed by atoms with Crippen LogP contribution in [0, 0.1) is 13.8 Å². The maximum Gasteiger partial charge on any atom is 0.00672 e. The number of hydrogen-bond acceptors (Lipinski definition) is 1. The fraction of sp³-hybridized carbons (Fsp3) is 0.571. The minimum atomic E-state index is 0.816. The Labute approximate surface area is 92.9 Å². The summed E-state index contributed by atoms with van der Waals surface area (Å²) in [5.74, 6) is 0. The molecule has 0 radical (unpaired) electrons. The zero-order valence-electron chi connectivity index (χ0n) is 9.84. The molecule has 0 unspecified atom stereocenters. The molecule has 0 atom stereocenters. The summed E-state index contributed by atoms with van der Waals surface area (Å²) >= 11 is 0. The van der Waals surface area contributed by atoms with Crippen molar-refractivity contribution in [3.63, 3.8) is 0 Å². The van der Waals surface area contributed by atoms with Crippen molar-refractivity contribution in [3.8, 4) is 0 Å². The molecule has 1 nitrogen and oxygen atoms in total. The summed E-state index contributed by atoms with van der Waals surface area (Å²) in [7, 11) is 0. The fourth-order valence-corrected chi connectivity index (χ4v) is 2.25. The molecule has 0 saturated heterocycles. The van der Waals surface area contributed by atoms with Gasteiger partial charge >= 0.3 is 0 Å². The van der Waals surface area contributed by atoms with E-state index < -0.39 is 0 Å². The van der Waals surface area contributed by atoms with Crippen molar-refractivity contribution in [2.24, 2.45) is 0 Å². The summed E-state index contributed by atoms with van der Waals surface area (Å²) in [6, 6.07) is 7.66. The molecule has 1 heteroatoms. The van der Waals surface area contributed by atoms with Gasteiger partial charge in [0.2, 0.25) is 0 Å². The Hall–Kier alpha value is -0.820. The smallest absolute Gasteiger partial charge is 0.00672 e. The van der Waals surface area contributed by atoms with Crippen molar-refractivity contribution >= 4 is 0 Å². The molecule has 1 aromatic carbocycles. The Kier molecular flexibility index (Phi) is 3.42. The van der Waals surface area contributed by atoms with E-state index in [-0.39, 0.29) is 0 Å². The molecular weight excluding hydrogens is 182 g/mol. The molecule has 82 valence electrons. The summed E-state index contributed by atoms with van der Waals surface area (Å²) in [6.45, 7) is 5.49. The van der Waals surface area contributed by atoms with Crippen molar-refractivity contribution in [2.45, 2.75) is 45.6 Å². The van der Waals surface area contributed by atoms with Crippen LogP contribution >= 0.6 is 0 Å². The van der Waals surface area contributed by atoms with E-state index in [4.69, 9.17) is 0 Å². The van der Waals surface area contributed by atoms with Crippen LogP contribution in [0.3, 0.4) is 0 Å². The third kappa shape index (κ3) is 3.07. The van der Waals surface area contributed by atoms with Gasteiger partial charge in [0.25, 0.3) is 0 Å². The topological polar surface area (TPSA) is 12.0 Å². The molecule has 0 bridgehead atoms. The minimum Gasteiger partial charge on any atom is -0.314 e. The average Bonchev–Trinajstić information content (AvgIpc) is 2.07. The first kappa shape index (κ1) is 10.7. The molecule has 0 aromatic heterocycles. The van der Waals surface area contributed by atoms with Crippen LogP contribution in [0.5, 0.6) is 0 Å². The van der Waals surface area contributed by atoms with Gasteiger partial charge < -0.3 is 5.32 Å². The van der Waals surface area contributed by atoms with Crippen molar-refractivity contribution < 1.29 is 0 Å². The molecule has 1 fully saturated rings. The van der Waals surface area contributed by atoms with Crippen LogP contribution < -0.4 is 5.32 Å². The van der Waals surface area contributed by atoms with E-state index in [1.165, 1.54) is 42.4 Å². The van der Waals surface area contributed by atoms with E-state index >= 15 is 0 Å².